The van der Waals surface area contributed by atoms with Crippen LogP contribution in [-0.4, -0.2) is 5.78 Å². The molecule has 0 saturated carbocycles. The van der Waals surface area contributed by atoms with Crippen LogP contribution < -0.4 is 0 Å². The monoisotopic (exact) mass is 212 g/mol. The molecule has 0 aliphatic carbocycles. The molecule has 0 fully saturated rings. The Morgan fingerprint density at radius 1 is 1.27 bits per heavy atom. The quantitative estimate of drug-likeness (QED) is 0.736. The summed E-state index contributed by atoms with van der Waals surface area (Å²) >= 11 is 0. The zero-order chi connectivity index (χ0) is 11.6. The van der Waals surface area contributed by atoms with Crippen LogP contribution >= 0.6 is 0 Å². The van der Waals surface area contributed by atoms with Crippen molar-refractivity contribution < 1.29 is 13.6 Å². The van der Waals surface area contributed by atoms with Crippen molar-refractivity contribution >= 4 is 5.78 Å². The van der Waals surface area contributed by atoms with Gasteiger partial charge >= 0.3 is 0 Å². The first kappa shape index (κ1) is 11.8. The molecule has 82 valence electrons. The minimum Gasteiger partial charge on any atom is -0.299 e. The van der Waals surface area contributed by atoms with Gasteiger partial charge in [0.2, 0.25) is 0 Å². The van der Waals surface area contributed by atoms with E-state index < -0.39 is 17.0 Å². The van der Waals surface area contributed by atoms with Crippen LogP contribution in [-0.2, 0) is 11.2 Å². The molecule has 0 unspecified atom stereocenters. The normalized spacial score (nSPS) is 11.5. The molecule has 1 rings (SSSR count). The van der Waals surface area contributed by atoms with E-state index in [1.54, 1.807) is 20.8 Å². The highest BCUT2D eigenvalue weighted by Gasteiger charge is 2.22. The number of hydrogen-bond donors (Lipinski definition) is 0. The highest BCUT2D eigenvalue weighted by molar-refractivity contribution is 5.85. The lowest BCUT2D eigenvalue weighted by atomic mass is 9.87. The molecular weight excluding hydrogens is 198 g/mol. The van der Waals surface area contributed by atoms with Crippen LogP contribution in [0.25, 0.3) is 0 Å². The van der Waals surface area contributed by atoms with Gasteiger partial charge in [0.15, 0.2) is 0 Å². The van der Waals surface area contributed by atoms with Crippen molar-refractivity contribution in [2.24, 2.45) is 5.41 Å². The van der Waals surface area contributed by atoms with Gasteiger partial charge in [0.25, 0.3) is 0 Å². The standard InChI is InChI=1S/C12H14F2O/c1-12(2,3)11(15)6-8-4-5-9(13)7-10(8)14/h4-5,7H,6H2,1-3H3. The van der Waals surface area contributed by atoms with Crippen LogP contribution in [0.5, 0.6) is 0 Å². The number of Topliss-reactive ketones (excluding diaryl/α,β-unsaturated/α-hetero) is 1. The molecule has 1 nitrogen and oxygen atoms in total. The molecule has 0 spiro atoms. The lowest BCUT2D eigenvalue weighted by Gasteiger charge is -2.16. The fraction of sp³-hybridized carbons (Fsp3) is 0.417. The van der Waals surface area contributed by atoms with Crippen LogP contribution in [0.15, 0.2) is 18.2 Å². The molecule has 0 aliphatic rings. The summed E-state index contributed by atoms with van der Waals surface area (Å²) in [6.07, 6.45) is 0.00954. The average molecular weight is 212 g/mol. The van der Waals surface area contributed by atoms with Crippen LogP contribution in [0.3, 0.4) is 0 Å². The van der Waals surface area contributed by atoms with Crippen molar-refractivity contribution in [3.05, 3.63) is 35.4 Å². The van der Waals surface area contributed by atoms with Crippen LogP contribution in [0.2, 0.25) is 0 Å². The predicted octanol–water partition coefficient (Wildman–Crippen LogP) is 3.12. The smallest absolute Gasteiger partial charge is 0.142 e. The number of ketones is 1. The van der Waals surface area contributed by atoms with E-state index in [1.165, 1.54) is 6.07 Å². The van der Waals surface area contributed by atoms with E-state index >= 15 is 0 Å². The van der Waals surface area contributed by atoms with E-state index in [4.69, 9.17) is 0 Å². The summed E-state index contributed by atoms with van der Waals surface area (Å²) in [6.45, 7) is 5.32. The van der Waals surface area contributed by atoms with Crippen molar-refractivity contribution in [3.8, 4) is 0 Å². The third-order valence-electron chi connectivity index (χ3n) is 2.20. The van der Waals surface area contributed by atoms with Gasteiger partial charge in [-0.1, -0.05) is 26.8 Å². The molecule has 0 saturated heterocycles. The van der Waals surface area contributed by atoms with E-state index in [1.807, 2.05) is 0 Å². The average Bonchev–Trinajstić information content (AvgIpc) is 2.08. The molecule has 0 radical (unpaired) electrons. The number of rotatable bonds is 2. The summed E-state index contributed by atoms with van der Waals surface area (Å²) in [7, 11) is 0. The zero-order valence-corrected chi connectivity index (χ0v) is 9.10. The van der Waals surface area contributed by atoms with E-state index in [0.717, 1.165) is 12.1 Å². The summed E-state index contributed by atoms with van der Waals surface area (Å²) in [5.74, 6) is -1.35. The molecule has 1 aromatic rings. The molecule has 0 N–H and O–H groups in total. The Balaban J connectivity index is 2.87. The van der Waals surface area contributed by atoms with E-state index in [-0.39, 0.29) is 17.8 Å². The zero-order valence-electron chi connectivity index (χ0n) is 9.10. The highest BCUT2D eigenvalue weighted by Crippen LogP contribution is 2.19. The van der Waals surface area contributed by atoms with Crippen molar-refractivity contribution in [3.63, 3.8) is 0 Å². The molecule has 0 bridgehead atoms. The van der Waals surface area contributed by atoms with Crippen molar-refractivity contribution in [2.45, 2.75) is 27.2 Å². The van der Waals surface area contributed by atoms with Gasteiger partial charge in [-0.3, -0.25) is 4.79 Å². The molecule has 0 aromatic heterocycles. The summed E-state index contributed by atoms with van der Waals surface area (Å²) in [4.78, 5) is 11.6. The van der Waals surface area contributed by atoms with E-state index in [2.05, 4.69) is 0 Å². The van der Waals surface area contributed by atoms with E-state index in [0.29, 0.717) is 0 Å². The van der Waals surface area contributed by atoms with Crippen molar-refractivity contribution in [1.82, 2.24) is 0 Å². The summed E-state index contributed by atoms with van der Waals surface area (Å²) < 4.78 is 25.8. The maximum atomic E-state index is 13.2. The third kappa shape index (κ3) is 3.11. The fourth-order valence-electron chi connectivity index (χ4n) is 1.10. The Morgan fingerprint density at radius 2 is 1.87 bits per heavy atom. The van der Waals surface area contributed by atoms with Crippen molar-refractivity contribution in [1.29, 1.82) is 0 Å². The van der Waals surface area contributed by atoms with Crippen LogP contribution in [0.4, 0.5) is 8.78 Å². The highest BCUT2D eigenvalue weighted by atomic mass is 19.1. The predicted molar refractivity (Wildman–Crippen MR) is 54.5 cm³/mol. The molecule has 0 atom stereocenters. The number of hydrogen-bond acceptors (Lipinski definition) is 1. The topological polar surface area (TPSA) is 17.1 Å². The minimum atomic E-state index is -0.660. The van der Waals surface area contributed by atoms with E-state index in [9.17, 15) is 13.6 Å². The minimum absolute atomic E-state index is 0.00954. The van der Waals surface area contributed by atoms with Gasteiger partial charge < -0.3 is 0 Å². The second-order valence-electron chi connectivity index (χ2n) is 4.59. The first-order chi connectivity index (χ1) is 6.80. The van der Waals surface area contributed by atoms with Gasteiger partial charge in [-0.2, -0.15) is 0 Å². The summed E-state index contributed by atoms with van der Waals surface area (Å²) in [6, 6.07) is 3.27. The Morgan fingerprint density at radius 3 is 2.33 bits per heavy atom. The van der Waals surface area contributed by atoms with Crippen LogP contribution in [0, 0.1) is 17.0 Å². The van der Waals surface area contributed by atoms with Gasteiger partial charge in [-0.25, -0.2) is 8.78 Å². The number of benzene rings is 1. The lowest BCUT2D eigenvalue weighted by Crippen LogP contribution is -2.22. The molecule has 0 heterocycles. The second kappa shape index (κ2) is 4.09. The number of carbonyl (C=O) groups is 1. The third-order valence-corrected chi connectivity index (χ3v) is 2.20. The second-order valence-corrected chi connectivity index (χ2v) is 4.59. The molecule has 3 heteroatoms. The Bertz CT molecular complexity index is 378. The molecule has 0 amide bonds. The lowest BCUT2D eigenvalue weighted by molar-refractivity contribution is -0.125. The van der Waals surface area contributed by atoms with Crippen LogP contribution in [0.1, 0.15) is 26.3 Å². The summed E-state index contributed by atoms with van der Waals surface area (Å²) in [5.41, 5.74) is -0.253. The maximum absolute atomic E-state index is 13.2. The van der Waals surface area contributed by atoms with Crippen molar-refractivity contribution in [2.75, 3.05) is 0 Å². The number of carbonyl (C=O) groups excluding carboxylic acids is 1. The Kier molecular flexibility index (Phi) is 3.22. The maximum Gasteiger partial charge on any atom is 0.142 e. The van der Waals surface area contributed by atoms with Gasteiger partial charge in [0.1, 0.15) is 17.4 Å². The van der Waals surface area contributed by atoms with Gasteiger partial charge in [-0.15, -0.1) is 0 Å². The Hall–Kier alpha value is -1.25. The van der Waals surface area contributed by atoms with Gasteiger partial charge in [-0.05, 0) is 11.6 Å². The SMILES string of the molecule is CC(C)(C)C(=O)Cc1ccc(F)cc1F. The fourth-order valence-corrected chi connectivity index (χ4v) is 1.10. The molecular formula is C12H14F2O. The van der Waals surface area contributed by atoms with Gasteiger partial charge in [0.05, 0.1) is 0 Å². The molecule has 15 heavy (non-hydrogen) atoms. The Labute approximate surface area is 88.1 Å². The number of halogens is 2. The summed E-state index contributed by atoms with van der Waals surface area (Å²) in [5, 5.41) is 0. The molecule has 0 aliphatic heterocycles. The first-order valence-corrected chi connectivity index (χ1v) is 4.78. The largest absolute Gasteiger partial charge is 0.299 e. The van der Waals surface area contributed by atoms with Gasteiger partial charge in [0, 0.05) is 17.9 Å². The molecule has 1 aromatic carbocycles. The first-order valence-electron chi connectivity index (χ1n) is 4.78.